The van der Waals surface area contributed by atoms with E-state index in [4.69, 9.17) is 0 Å². The van der Waals surface area contributed by atoms with Crippen LogP contribution in [-0.2, 0) is 4.79 Å². The fourth-order valence-corrected chi connectivity index (χ4v) is 1.70. The zero-order valence-corrected chi connectivity index (χ0v) is 12.5. The lowest BCUT2D eigenvalue weighted by Gasteiger charge is -2.11. The molecule has 0 aliphatic carbocycles. The number of rotatable bonds is 6. The van der Waals surface area contributed by atoms with Crippen LogP contribution in [0, 0.1) is 12.8 Å². The molecule has 0 atom stereocenters. The molecule has 0 aromatic heterocycles. The highest BCUT2D eigenvalue weighted by atomic mass is 16.2. The Balaban J connectivity index is 2.72. The summed E-state index contributed by atoms with van der Waals surface area (Å²) in [4.78, 5) is 23.4. The number of amides is 2. The first-order chi connectivity index (χ1) is 9.43. The third-order valence-corrected chi connectivity index (χ3v) is 2.77. The van der Waals surface area contributed by atoms with Gasteiger partial charge in [0.15, 0.2) is 0 Å². The first kappa shape index (κ1) is 16.2. The Labute approximate surface area is 120 Å². The molecule has 5 heteroatoms. The summed E-state index contributed by atoms with van der Waals surface area (Å²) in [5.41, 5.74) is 2.20. The van der Waals surface area contributed by atoms with Crippen molar-refractivity contribution in [1.82, 2.24) is 10.6 Å². The second-order valence-electron chi connectivity index (χ2n) is 5.21. The average Bonchev–Trinajstić information content (AvgIpc) is 2.38. The van der Waals surface area contributed by atoms with Gasteiger partial charge in [-0.1, -0.05) is 13.8 Å². The zero-order chi connectivity index (χ0) is 15.1. The number of hydrogen-bond acceptors (Lipinski definition) is 3. The van der Waals surface area contributed by atoms with Gasteiger partial charge >= 0.3 is 0 Å². The lowest BCUT2D eigenvalue weighted by atomic mass is 10.1. The molecule has 0 bridgehead atoms. The van der Waals surface area contributed by atoms with Gasteiger partial charge in [-0.3, -0.25) is 9.59 Å². The molecule has 2 amide bonds. The predicted molar refractivity (Wildman–Crippen MR) is 80.9 cm³/mol. The van der Waals surface area contributed by atoms with Crippen molar-refractivity contribution in [3.8, 4) is 0 Å². The van der Waals surface area contributed by atoms with Gasteiger partial charge in [0.1, 0.15) is 0 Å². The van der Waals surface area contributed by atoms with Crippen LogP contribution in [0.1, 0.15) is 29.8 Å². The van der Waals surface area contributed by atoms with Gasteiger partial charge in [-0.05, 0) is 43.7 Å². The van der Waals surface area contributed by atoms with Gasteiger partial charge in [-0.2, -0.15) is 0 Å². The molecule has 5 nitrogen and oxygen atoms in total. The monoisotopic (exact) mass is 277 g/mol. The third-order valence-electron chi connectivity index (χ3n) is 2.77. The number of aryl methyl sites for hydroxylation is 1. The Bertz CT molecular complexity index is 484. The Morgan fingerprint density at radius 3 is 2.50 bits per heavy atom. The van der Waals surface area contributed by atoms with E-state index in [9.17, 15) is 9.59 Å². The Morgan fingerprint density at radius 2 is 1.95 bits per heavy atom. The number of anilines is 1. The first-order valence-electron chi connectivity index (χ1n) is 6.77. The van der Waals surface area contributed by atoms with Gasteiger partial charge < -0.3 is 16.0 Å². The number of nitrogens with one attached hydrogen (secondary N) is 3. The summed E-state index contributed by atoms with van der Waals surface area (Å²) in [7, 11) is 1.72. The summed E-state index contributed by atoms with van der Waals surface area (Å²) < 4.78 is 0. The maximum atomic E-state index is 11.9. The van der Waals surface area contributed by atoms with Crippen molar-refractivity contribution in [3.63, 3.8) is 0 Å². The minimum Gasteiger partial charge on any atom is -0.352 e. The molecule has 0 radical (unpaired) electrons. The smallest absolute Gasteiger partial charge is 0.251 e. The summed E-state index contributed by atoms with van der Waals surface area (Å²) in [5.74, 6) is 0.225. The van der Waals surface area contributed by atoms with Crippen LogP contribution in [0.5, 0.6) is 0 Å². The van der Waals surface area contributed by atoms with Crippen LogP contribution in [0.4, 0.5) is 5.69 Å². The largest absolute Gasteiger partial charge is 0.352 e. The topological polar surface area (TPSA) is 70.2 Å². The van der Waals surface area contributed by atoms with Crippen molar-refractivity contribution >= 4 is 17.5 Å². The molecule has 0 aliphatic rings. The molecule has 0 saturated carbocycles. The summed E-state index contributed by atoms with van der Waals surface area (Å²) in [5, 5.41) is 8.45. The SMILES string of the molecule is CNCC(=O)Nc1ccc(C(=O)NCC(C)C)cc1C. The number of carbonyl (C=O) groups excluding carboxylic acids is 2. The summed E-state index contributed by atoms with van der Waals surface area (Å²) in [6.07, 6.45) is 0. The van der Waals surface area contributed by atoms with Gasteiger partial charge in [0.25, 0.3) is 5.91 Å². The highest BCUT2D eigenvalue weighted by Gasteiger charge is 2.09. The van der Waals surface area contributed by atoms with E-state index >= 15 is 0 Å². The summed E-state index contributed by atoms with van der Waals surface area (Å²) in [6, 6.07) is 5.26. The standard InChI is InChI=1S/C15H23N3O2/c1-10(2)8-17-15(20)12-5-6-13(11(3)7-12)18-14(19)9-16-4/h5-7,10,16H,8-9H2,1-4H3,(H,17,20)(H,18,19). The highest BCUT2D eigenvalue weighted by Crippen LogP contribution is 2.16. The van der Waals surface area contributed by atoms with Crippen LogP contribution < -0.4 is 16.0 Å². The molecule has 1 rings (SSSR count). The van der Waals surface area contributed by atoms with E-state index in [2.05, 4.69) is 16.0 Å². The van der Waals surface area contributed by atoms with Crippen LogP contribution in [0.3, 0.4) is 0 Å². The van der Waals surface area contributed by atoms with E-state index in [-0.39, 0.29) is 18.4 Å². The Hall–Kier alpha value is -1.88. The molecule has 0 fully saturated rings. The van der Waals surface area contributed by atoms with Gasteiger partial charge in [-0.25, -0.2) is 0 Å². The van der Waals surface area contributed by atoms with E-state index in [1.807, 2.05) is 20.8 Å². The fraction of sp³-hybridized carbons (Fsp3) is 0.467. The van der Waals surface area contributed by atoms with Crippen LogP contribution in [-0.4, -0.2) is 32.0 Å². The molecule has 3 N–H and O–H groups in total. The van der Waals surface area contributed by atoms with Crippen LogP contribution in [0.2, 0.25) is 0 Å². The Kier molecular flexibility index (Phi) is 6.18. The van der Waals surface area contributed by atoms with Gasteiger partial charge in [0.2, 0.25) is 5.91 Å². The minimum atomic E-state index is -0.104. The lowest BCUT2D eigenvalue weighted by Crippen LogP contribution is -2.27. The summed E-state index contributed by atoms with van der Waals surface area (Å²) in [6.45, 7) is 6.88. The molecular formula is C15H23N3O2. The molecule has 0 aliphatic heterocycles. The molecule has 0 heterocycles. The van der Waals surface area contributed by atoms with Crippen molar-refractivity contribution in [2.45, 2.75) is 20.8 Å². The van der Waals surface area contributed by atoms with Crippen molar-refractivity contribution in [2.75, 3.05) is 25.5 Å². The average molecular weight is 277 g/mol. The number of likely N-dealkylation sites (N-methyl/N-ethyl adjacent to an activating group) is 1. The summed E-state index contributed by atoms with van der Waals surface area (Å²) >= 11 is 0. The van der Waals surface area contributed by atoms with Crippen molar-refractivity contribution in [2.24, 2.45) is 5.92 Å². The second kappa shape index (κ2) is 7.65. The van der Waals surface area contributed by atoms with Gasteiger partial charge in [0.05, 0.1) is 6.54 Å². The lowest BCUT2D eigenvalue weighted by molar-refractivity contribution is -0.115. The molecule has 1 aromatic carbocycles. The van der Waals surface area contributed by atoms with Crippen molar-refractivity contribution in [3.05, 3.63) is 29.3 Å². The number of hydrogen-bond donors (Lipinski definition) is 3. The minimum absolute atomic E-state index is 0.0881. The van der Waals surface area contributed by atoms with E-state index in [0.717, 1.165) is 11.3 Å². The number of carbonyl (C=O) groups is 2. The third kappa shape index (κ3) is 5.01. The zero-order valence-electron chi connectivity index (χ0n) is 12.5. The van der Waals surface area contributed by atoms with E-state index in [1.165, 1.54) is 0 Å². The fourth-order valence-electron chi connectivity index (χ4n) is 1.70. The van der Waals surface area contributed by atoms with Gasteiger partial charge in [-0.15, -0.1) is 0 Å². The van der Waals surface area contributed by atoms with E-state index < -0.39 is 0 Å². The van der Waals surface area contributed by atoms with E-state index in [0.29, 0.717) is 18.0 Å². The molecule has 0 spiro atoms. The van der Waals surface area contributed by atoms with Gasteiger partial charge in [0, 0.05) is 17.8 Å². The molecule has 1 aromatic rings. The van der Waals surface area contributed by atoms with Crippen LogP contribution in [0.25, 0.3) is 0 Å². The maximum absolute atomic E-state index is 11.9. The van der Waals surface area contributed by atoms with Crippen molar-refractivity contribution < 1.29 is 9.59 Å². The van der Waals surface area contributed by atoms with Crippen molar-refractivity contribution in [1.29, 1.82) is 0 Å². The maximum Gasteiger partial charge on any atom is 0.251 e. The van der Waals surface area contributed by atoms with Crippen LogP contribution in [0.15, 0.2) is 18.2 Å². The normalized spacial score (nSPS) is 10.4. The molecule has 20 heavy (non-hydrogen) atoms. The first-order valence-corrected chi connectivity index (χ1v) is 6.77. The quantitative estimate of drug-likeness (QED) is 0.738. The highest BCUT2D eigenvalue weighted by molar-refractivity contribution is 5.97. The molecular weight excluding hydrogens is 254 g/mol. The predicted octanol–water partition coefficient (Wildman–Crippen LogP) is 1.54. The molecule has 0 saturated heterocycles. The molecule has 110 valence electrons. The number of benzene rings is 1. The van der Waals surface area contributed by atoms with E-state index in [1.54, 1.807) is 25.2 Å². The van der Waals surface area contributed by atoms with Crippen LogP contribution >= 0.6 is 0 Å². The molecule has 0 unspecified atom stereocenters. The Morgan fingerprint density at radius 1 is 1.25 bits per heavy atom. The second-order valence-corrected chi connectivity index (χ2v) is 5.21.